The molecule has 0 amide bonds. The van der Waals surface area contributed by atoms with E-state index in [0.29, 0.717) is 24.5 Å². The summed E-state index contributed by atoms with van der Waals surface area (Å²) in [6, 6.07) is 1.67. The Kier molecular flexibility index (Phi) is 4.29. The highest BCUT2D eigenvalue weighted by Crippen LogP contribution is 2.19. The molecule has 0 saturated carbocycles. The first kappa shape index (κ1) is 14.5. The van der Waals surface area contributed by atoms with Gasteiger partial charge in [0.1, 0.15) is 4.90 Å². The number of aryl methyl sites for hydroxylation is 1. The van der Waals surface area contributed by atoms with Crippen LogP contribution in [0.15, 0.2) is 17.2 Å². The van der Waals surface area contributed by atoms with Crippen molar-refractivity contribution in [2.24, 2.45) is 12.8 Å². The van der Waals surface area contributed by atoms with E-state index in [4.69, 9.17) is 5.73 Å². The second-order valence-electron chi connectivity index (χ2n) is 4.82. The van der Waals surface area contributed by atoms with Gasteiger partial charge in [0, 0.05) is 51.7 Å². The van der Waals surface area contributed by atoms with Gasteiger partial charge in [-0.2, -0.15) is 4.31 Å². The minimum Gasteiger partial charge on any atom is -0.352 e. The van der Waals surface area contributed by atoms with Gasteiger partial charge in [0.2, 0.25) is 10.0 Å². The number of aromatic nitrogens is 1. The zero-order chi connectivity index (χ0) is 14.0. The van der Waals surface area contributed by atoms with E-state index < -0.39 is 10.0 Å². The van der Waals surface area contributed by atoms with Crippen LogP contribution in [0.1, 0.15) is 12.6 Å². The first-order chi connectivity index (χ1) is 8.98. The Labute approximate surface area is 114 Å². The van der Waals surface area contributed by atoms with Crippen LogP contribution in [0.2, 0.25) is 0 Å². The number of likely N-dealkylation sites (N-methyl/N-ethyl adjacent to an activating group) is 1. The van der Waals surface area contributed by atoms with Crippen LogP contribution in [0.3, 0.4) is 0 Å². The fourth-order valence-electron chi connectivity index (χ4n) is 2.36. The second-order valence-corrected chi connectivity index (χ2v) is 6.76. The van der Waals surface area contributed by atoms with Crippen molar-refractivity contribution in [3.63, 3.8) is 0 Å². The molecule has 0 spiro atoms. The molecular formula is C12H22N4O2S. The molecule has 2 heterocycles. The van der Waals surface area contributed by atoms with E-state index in [1.54, 1.807) is 21.1 Å². The number of piperazine rings is 1. The lowest BCUT2D eigenvalue weighted by Gasteiger charge is -2.32. The van der Waals surface area contributed by atoms with E-state index in [1.165, 1.54) is 0 Å². The molecule has 0 bridgehead atoms. The molecule has 1 saturated heterocycles. The van der Waals surface area contributed by atoms with Crippen LogP contribution in [-0.2, 0) is 23.6 Å². The summed E-state index contributed by atoms with van der Waals surface area (Å²) in [5, 5.41) is 0. The smallest absolute Gasteiger partial charge is 0.244 e. The zero-order valence-corrected chi connectivity index (χ0v) is 12.4. The molecule has 108 valence electrons. The molecule has 0 aliphatic carbocycles. The Morgan fingerprint density at radius 3 is 2.37 bits per heavy atom. The van der Waals surface area contributed by atoms with Crippen molar-refractivity contribution >= 4 is 10.0 Å². The fraction of sp³-hybridized carbons (Fsp3) is 0.667. The van der Waals surface area contributed by atoms with E-state index in [2.05, 4.69) is 11.8 Å². The van der Waals surface area contributed by atoms with Crippen molar-refractivity contribution in [1.29, 1.82) is 0 Å². The molecular weight excluding hydrogens is 264 g/mol. The van der Waals surface area contributed by atoms with Gasteiger partial charge in [0.15, 0.2) is 0 Å². The van der Waals surface area contributed by atoms with E-state index >= 15 is 0 Å². The lowest BCUT2D eigenvalue weighted by molar-refractivity contribution is 0.196. The number of nitrogens with zero attached hydrogens (tertiary/aromatic N) is 3. The fourth-order valence-corrected chi connectivity index (χ4v) is 3.87. The second kappa shape index (κ2) is 5.62. The highest BCUT2D eigenvalue weighted by atomic mass is 32.2. The van der Waals surface area contributed by atoms with Gasteiger partial charge in [0.05, 0.1) is 0 Å². The van der Waals surface area contributed by atoms with E-state index in [1.807, 2.05) is 7.05 Å². The zero-order valence-electron chi connectivity index (χ0n) is 11.5. The maximum absolute atomic E-state index is 12.5. The number of hydrogen-bond donors (Lipinski definition) is 1. The predicted octanol–water partition coefficient (Wildman–Crippen LogP) is -0.190. The lowest BCUT2D eigenvalue weighted by Crippen LogP contribution is -2.48. The van der Waals surface area contributed by atoms with Crippen molar-refractivity contribution in [3.8, 4) is 0 Å². The molecule has 2 N–H and O–H groups in total. The molecule has 6 nitrogen and oxygen atoms in total. The Hall–Kier alpha value is -0.890. The molecule has 1 aliphatic rings. The summed E-state index contributed by atoms with van der Waals surface area (Å²) < 4.78 is 28.4. The first-order valence-electron chi connectivity index (χ1n) is 6.57. The normalized spacial score (nSPS) is 18.9. The summed E-state index contributed by atoms with van der Waals surface area (Å²) >= 11 is 0. The highest BCUT2D eigenvalue weighted by molar-refractivity contribution is 7.89. The SMILES string of the molecule is CCN1CCN(S(=O)(=O)c2cc(CN)n(C)c2)CC1. The quantitative estimate of drug-likeness (QED) is 0.833. The van der Waals surface area contributed by atoms with E-state index in [-0.39, 0.29) is 0 Å². The Morgan fingerprint density at radius 1 is 1.26 bits per heavy atom. The van der Waals surface area contributed by atoms with Crippen LogP contribution < -0.4 is 5.73 Å². The standard InChI is InChI=1S/C12H22N4O2S/c1-3-15-4-6-16(7-5-15)19(17,18)12-8-11(9-13)14(2)10-12/h8,10H,3-7,9,13H2,1-2H3. The van der Waals surface area contributed by atoms with Crippen LogP contribution in [0.25, 0.3) is 0 Å². The van der Waals surface area contributed by atoms with Crippen LogP contribution in [0, 0.1) is 0 Å². The third-order valence-electron chi connectivity index (χ3n) is 3.71. The van der Waals surface area contributed by atoms with Gasteiger partial charge in [-0.05, 0) is 12.6 Å². The lowest BCUT2D eigenvalue weighted by atomic mass is 10.4. The topological polar surface area (TPSA) is 71.6 Å². The maximum atomic E-state index is 12.5. The maximum Gasteiger partial charge on any atom is 0.244 e. The average Bonchev–Trinajstić information content (AvgIpc) is 2.81. The van der Waals surface area contributed by atoms with Gasteiger partial charge in [-0.1, -0.05) is 6.92 Å². The summed E-state index contributed by atoms with van der Waals surface area (Å²) in [6.45, 7) is 6.12. The van der Waals surface area contributed by atoms with Crippen LogP contribution >= 0.6 is 0 Å². The largest absolute Gasteiger partial charge is 0.352 e. The van der Waals surface area contributed by atoms with Crippen LogP contribution in [-0.4, -0.2) is 54.9 Å². The van der Waals surface area contributed by atoms with Gasteiger partial charge in [-0.3, -0.25) is 0 Å². The van der Waals surface area contributed by atoms with Crippen molar-refractivity contribution in [2.75, 3.05) is 32.7 Å². The molecule has 19 heavy (non-hydrogen) atoms. The van der Waals surface area contributed by atoms with E-state index in [0.717, 1.165) is 25.3 Å². The summed E-state index contributed by atoms with van der Waals surface area (Å²) in [7, 11) is -1.56. The Morgan fingerprint density at radius 2 is 1.89 bits per heavy atom. The van der Waals surface area contributed by atoms with E-state index in [9.17, 15) is 8.42 Å². The summed E-state index contributed by atoms with van der Waals surface area (Å²) in [5.74, 6) is 0. The molecule has 1 aromatic rings. The van der Waals surface area contributed by atoms with Gasteiger partial charge in [-0.15, -0.1) is 0 Å². The number of sulfonamides is 1. The number of rotatable bonds is 4. The Bertz CT molecular complexity index is 530. The molecule has 0 unspecified atom stereocenters. The molecule has 1 aromatic heterocycles. The summed E-state index contributed by atoms with van der Waals surface area (Å²) in [4.78, 5) is 2.60. The molecule has 1 aliphatic heterocycles. The van der Waals surface area contributed by atoms with Gasteiger partial charge in [0.25, 0.3) is 0 Å². The third-order valence-corrected chi connectivity index (χ3v) is 5.57. The monoisotopic (exact) mass is 286 g/mol. The number of nitrogens with two attached hydrogens (primary N) is 1. The predicted molar refractivity (Wildman–Crippen MR) is 74.2 cm³/mol. The first-order valence-corrected chi connectivity index (χ1v) is 8.01. The molecule has 1 fully saturated rings. The number of hydrogen-bond acceptors (Lipinski definition) is 4. The van der Waals surface area contributed by atoms with Gasteiger partial charge < -0.3 is 15.2 Å². The summed E-state index contributed by atoms with van der Waals surface area (Å²) in [5.41, 5.74) is 6.41. The molecule has 7 heteroatoms. The average molecular weight is 286 g/mol. The Balaban J connectivity index is 2.18. The van der Waals surface area contributed by atoms with Crippen molar-refractivity contribution in [1.82, 2.24) is 13.8 Å². The van der Waals surface area contributed by atoms with Crippen molar-refractivity contribution < 1.29 is 8.42 Å². The minimum atomic E-state index is -3.38. The molecule has 2 rings (SSSR count). The third kappa shape index (κ3) is 2.84. The van der Waals surface area contributed by atoms with Gasteiger partial charge >= 0.3 is 0 Å². The van der Waals surface area contributed by atoms with Gasteiger partial charge in [-0.25, -0.2) is 8.42 Å². The van der Waals surface area contributed by atoms with Crippen molar-refractivity contribution in [3.05, 3.63) is 18.0 Å². The molecule has 0 aromatic carbocycles. The van der Waals surface area contributed by atoms with Crippen LogP contribution in [0.4, 0.5) is 0 Å². The minimum absolute atomic E-state index is 0.343. The van der Waals surface area contributed by atoms with Crippen molar-refractivity contribution in [2.45, 2.75) is 18.4 Å². The summed E-state index contributed by atoms with van der Waals surface area (Å²) in [6.07, 6.45) is 1.64. The molecule has 0 radical (unpaired) electrons. The molecule has 0 atom stereocenters. The highest BCUT2D eigenvalue weighted by Gasteiger charge is 2.29. The van der Waals surface area contributed by atoms with Crippen LogP contribution in [0.5, 0.6) is 0 Å².